The highest BCUT2D eigenvalue weighted by Crippen LogP contribution is 2.29. The number of hydrogen-bond donors (Lipinski definition) is 1. The largest absolute Gasteiger partial charge is 0.497 e. The molecular formula is C18H16N6O2S. The van der Waals surface area contributed by atoms with Crippen molar-refractivity contribution in [3.8, 4) is 11.4 Å². The van der Waals surface area contributed by atoms with Crippen molar-refractivity contribution >= 4 is 34.1 Å². The van der Waals surface area contributed by atoms with Crippen LogP contribution in [-0.2, 0) is 0 Å². The lowest BCUT2D eigenvalue weighted by Crippen LogP contribution is -2.32. The third-order valence-corrected chi connectivity index (χ3v) is 4.68. The van der Waals surface area contributed by atoms with E-state index in [4.69, 9.17) is 17.0 Å². The third-order valence-electron chi connectivity index (χ3n) is 4.22. The number of hydrazone groups is 1. The summed E-state index contributed by atoms with van der Waals surface area (Å²) in [5.74, 6) is 1.06. The fourth-order valence-corrected chi connectivity index (χ4v) is 2.91. The number of ether oxygens (including phenoxy) is 1. The van der Waals surface area contributed by atoms with Gasteiger partial charge >= 0.3 is 0 Å². The van der Waals surface area contributed by atoms with E-state index in [9.17, 15) is 4.79 Å². The van der Waals surface area contributed by atoms with Crippen molar-refractivity contribution in [3.63, 3.8) is 0 Å². The van der Waals surface area contributed by atoms with Crippen molar-refractivity contribution in [1.29, 1.82) is 0 Å². The van der Waals surface area contributed by atoms with Gasteiger partial charge in [-0.05, 0) is 42.5 Å². The molecule has 1 aliphatic rings. The number of benzene rings is 1. The highest BCUT2D eigenvalue weighted by molar-refractivity contribution is 7.80. The van der Waals surface area contributed by atoms with E-state index in [1.54, 1.807) is 36.4 Å². The van der Waals surface area contributed by atoms with Crippen LogP contribution in [0.4, 0.5) is 0 Å². The minimum atomic E-state index is -0.199. The zero-order chi connectivity index (χ0) is 19.1. The number of aromatic nitrogens is 3. The van der Waals surface area contributed by atoms with Gasteiger partial charge in [0, 0.05) is 25.9 Å². The second-order valence-electron chi connectivity index (χ2n) is 6.11. The van der Waals surface area contributed by atoms with E-state index in [1.165, 1.54) is 4.57 Å². The SMILES string of the molecule is COc1ccc2c(c1)/C(=N\NC(=S)N(C)C)c1nc3ncccc3c(=O)n1-2. The minimum Gasteiger partial charge on any atom is -0.497 e. The molecule has 3 heterocycles. The van der Waals surface area contributed by atoms with Crippen LogP contribution >= 0.6 is 12.2 Å². The number of thiocarbonyl (C=S) groups is 1. The second-order valence-corrected chi connectivity index (χ2v) is 6.49. The lowest BCUT2D eigenvalue weighted by molar-refractivity contribution is 0.414. The molecule has 9 heteroatoms. The summed E-state index contributed by atoms with van der Waals surface area (Å²) in [7, 11) is 5.22. The van der Waals surface area contributed by atoms with Crippen LogP contribution in [0.3, 0.4) is 0 Å². The van der Waals surface area contributed by atoms with E-state index in [0.717, 1.165) is 5.56 Å². The molecule has 3 aromatic rings. The lowest BCUT2D eigenvalue weighted by atomic mass is 10.1. The van der Waals surface area contributed by atoms with Gasteiger partial charge in [0.2, 0.25) is 0 Å². The van der Waals surface area contributed by atoms with Gasteiger partial charge in [0.05, 0.1) is 18.2 Å². The Morgan fingerprint density at radius 2 is 2.15 bits per heavy atom. The maximum absolute atomic E-state index is 13.1. The van der Waals surface area contributed by atoms with E-state index in [0.29, 0.717) is 39.1 Å². The molecule has 0 fully saturated rings. The van der Waals surface area contributed by atoms with Gasteiger partial charge in [-0.1, -0.05) is 0 Å². The topological polar surface area (TPSA) is 84.6 Å². The standard InChI is InChI=1S/C18H16N6O2S/c1-23(2)18(27)22-21-14-12-9-10(26-3)6-7-13(12)24-16(14)20-15-11(17(24)25)5-4-8-19-15/h4-9H,1-3H3,(H,22,27)/b21-14+. The maximum Gasteiger partial charge on any atom is 0.267 e. The Morgan fingerprint density at radius 3 is 2.89 bits per heavy atom. The molecule has 0 saturated carbocycles. The summed E-state index contributed by atoms with van der Waals surface area (Å²) in [6.45, 7) is 0. The van der Waals surface area contributed by atoms with Crippen molar-refractivity contribution in [2.45, 2.75) is 0 Å². The number of nitrogens with zero attached hydrogens (tertiary/aromatic N) is 5. The lowest BCUT2D eigenvalue weighted by Gasteiger charge is -2.12. The molecule has 1 aliphatic heterocycles. The highest BCUT2D eigenvalue weighted by Gasteiger charge is 2.29. The Kier molecular flexibility index (Phi) is 4.08. The van der Waals surface area contributed by atoms with E-state index in [2.05, 4.69) is 20.5 Å². The highest BCUT2D eigenvalue weighted by atomic mass is 32.1. The number of hydrogen-bond acceptors (Lipinski definition) is 6. The zero-order valence-electron chi connectivity index (χ0n) is 14.9. The molecule has 27 heavy (non-hydrogen) atoms. The van der Waals surface area contributed by atoms with Gasteiger partial charge < -0.3 is 9.64 Å². The summed E-state index contributed by atoms with van der Waals surface area (Å²) >= 11 is 5.24. The van der Waals surface area contributed by atoms with Gasteiger partial charge in [-0.15, -0.1) is 0 Å². The van der Waals surface area contributed by atoms with Crippen LogP contribution < -0.4 is 15.7 Å². The van der Waals surface area contributed by atoms with Gasteiger partial charge in [-0.2, -0.15) is 5.10 Å². The normalized spacial score (nSPS) is 13.4. The number of fused-ring (bicyclic) bond motifs is 4. The summed E-state index contributed by atoms with van der Waals surface area (Å²) in [6.07, 6.45) is 1.60. The van der Waals surface area contributed by atoms with Crippen LogP contribution in [0.2, 0.25) is 0 Å². The summed E-state index contributed by atoms with van der Waals surface area (Å²) in [6, 6.07) is 8.86. The van der Waals surface area contributed by atoms with Crippen LogP contribution in [0.25, 0.3) is 16.7 Å². The first kappa shape index (κ1) is 17.1. The van der Waals surface area contributed by atoms with E-state index >= 15 is 0 Å². The van der Waals surface area contributed by atoms with Crippen molar-refractivity contribution in [1.82, 2.24) is 24.9 Å². The van der Waals surface area contributed by atoms with E-state index in [1.807, 2.05) is 26.2 Å². The Hall–Kier alpha value is -3.33. The van der Waals surface area contributed by atoms with Gasteiger partial charge in [-0.3, -0.25) is 14.8 Å². The molecule has 0 unspecified atom stereocenters. The van der Waals surface area contributed by atoms with Crippen LogP contribution in [0.5, 0.6) is 5.75 Å². The van der Waals surface area contributed by atoms with Crippen LogP contribution in [0.1, 0.15) is 11.4 Å². The first-order valence-electron chi connectivity index (χ1n) is 8.13. The van der Waals surface area contributed by atoms with Crippen LogP contribution in [0.15, 0.2) is 46.4 Å². The molecule has 0 atom stereocenters. The Labute approximate surface area is 160 Å². The molecule has 1 aromatic carbocycles. The van der Waals surface area contributed by atoms with Crippen molar-refractivity contribution < 1.29 is 4.74 Å². The predicted octanol–water partition coefficient (Wildman–Crippen LogP) is 1.29. The van der Waals surface area contributed by atoms with Gasteiger partial charge in [0.25, 0.3) is 5.56 Å². The van der Waals surface area contributed by atoms with Crippen LogP contribution in [0, 0.1) is 0 Å². The van der Waals surface area contributed by atoms with Gasteiger partial charge in [0.15, 0.2) is 16.6 Å². The van der Waals surface area contributed by atoms with E-state index < -0.39 is 0 Å². The fraction of sp³-hybridized carbons (Fsp3) is 0.167. The van der Waals surface area contributed by atoms with Crippen LogP contribution in [-0.4, -0.2) is 51.5 Å². The molecule has 0 radical (unpaired) electrons. The summed E-state index contributed by atoms with van der Waals surface area (Å²) in [5, 5.41) is 5.31. The molecule has 1 N–H and O–H groups in total. The quantitative estimate of drug-likeness (QED) is 0.414. The first-order chi connectivity index (χ1) is 13.0. The monoisotopic (exact) mass is 380 g/mol. The molecule has 0 spiro atoms. The van der Waals surface area contributed by atoms with Crippen molar-refractivity contribution in [3.05, 3.63) is 58.3 Å². The molecule has 136 valence electrons. The fourth-order valence-electron chi connectivity index (χ4n) is 2.86. The first-order valence-corrected chi connectivity index (χ1v) is 8.54. The number of nitrogens with one attached hydrogen (secondary N) is 1. The molecule has 2 aromatic heterocycles. The van der Waals surface area contributed by atoms with E-state index in [-0.39, 0.29) is 5.56 Å². The molecular weight excluding hydrogens is 364 g/mol. The minimum absolute atomic E-state index is 0.199. The van der Waals surface area contributed by atoms with Crippen molar-refractivity contribution in [2.75, 3.05) is 21.2 Å². The predicted molar refractivity (Wildman–Crippen MR) is 107 cm³/mol. The second kappa shape index (κ2) is 6.44. The summed E-state index contributed by atoms with van der Waals surface area (Å²) in [5.41, 5.74) is 4.92. The molecule has 0 bridgehead atoms. The summed E-state index contributed by atoms with van der Waals surface area (Å²) < 4.78 is 6.87. The molecule has 0 amide bonds. The Balaban J connectivity index is 1.99. The molecule has 4 rings (SSSR count). The maximum atomic E-state index is 13.1. The van der Waals surface area contributed by atoms with Gasteiger partial charge in [-0.25, -0.2) is 9.97 Å². The number of methoxy groups -OCH3 is 1. The average Bonchev–Trinajstić information content (AvgIpc) is 2.98. The van der Waals surface area contributed by atoms with Crippen molar-refractivity contribution in [2.24, 2.45) is 5.10 Å². The third kappa shape index (κ3) is 2.72. The Morgan fingerprint density at radius 1 is 1.33 bits per heavy atom. The van der Waals surface area contributed by atoms with Gasteiger partial charge in [0.1, 0.15) is 11.5 Å². The average molecular weight is 380 g/mol. The number of rotatable bonds is 2. The molecule has 8 nitrogen and oxygen atoms in total. The Bertz CT molecular complexity index is 1170. The number of pyridine rings is 1. The smallest absolute Gasteiger partial charge is 0.267 e. The molecule has 0 aliphatic carbocycles. The summed E-state index contributed by atoms with van der Waals surface area (Å²) in [4.78, 5) is 23.6. The zero-order valence-corrected chi connectivity index (χ0v) is 15.7. The molecule has 0 saturated heterocycles.